The van der Waals surface area contributed by atoms with Crippen molar-refractivity contribution in [1.82, 2.24) is 19.8 Å². The summed E-state index contributed by atoms with van der Waals surface area (Å²) >= 11 is 0. The molecule has 11 nitrogen and oxygen atoms in total. The van der Waals surface area contributed by atoms with E-state index in [-0.39, 0.29) is 30.5 Å². The standard InChI is InChI=1S/C32H46N6O5/c1-31(2,3)43-30(40)38-18-16-37(17-19-38)27-26(33)25(34-29(35-27)42-21-23-12-9-15-36(23)4)20-32(28(39)41-5)14-8-11-22-10-6-7-13-24(22)32/h6-7,10,13,23H,8-9,11-12,14-21,33H2,1-5H3/t23-,32?/m0/s1. The number of fused-ring (bicyclic) bond motifs is 1. The molecule has 2 aromatic rings. The number of nitrogens with zero attached hydrogens (tertiary/aromatic N) is 5. The molecule has 5 rings (SSSR count). The van der Waals surface area contributed by atoms with Gasteiger partial charge >= 0.3 is 18.1 Å². The van der Waals surface area contributed by atoms with Crippen LogP contribution in [-0.2, 0) is 32.5 Å². The summed E-state index contributed by atoms with van der Waals surface area (Å²) in [6.07, 6.45) is 4.53. The largest absolute Gasteiger partial charge is 0.468 e. The number of nitrogens with two attached hydrogens (primary N) is 1. The first-order valence-electron chi connectivity index (χ1n) is 15.4. The molecule has 234 valence electrons. The first-order chi connectivity index (χ1) is 20.5. The van der Waals surface area contributed by atoms with Gasteiger partial charge in [0.1, 0.15) is 12.2 Å². The third-order valence-corrected chi connectivity index (χ3v) is 8.92. The number of carbonyl (C=O) groups excluding carboxylic acids is 2. The number of anilines is 2. The topological polar surface area (TPSA) is 123 Å². The third kappa shape index (κ3) is 6.66. The first-order valence-corrected chi connectivity index (χ1v) is 15.4. The fourth-order valence-corrected chi connectivity index (χ4v) is 6.58. The van der Waals surface area contributed by atoms with Crippen LogP contribution in [0.3, 0.4) is 0 Å². The zero-order valence-corrected chi connectivity index (χ0v) is 26.2. The van der Waals surface area contributed by atoms with Crippen LogP contribution in [0.15, 0.2) is 24.3 Å². The van der Waals surface area contributed by atoms with E-state index in [0.29, 0.717) is 56.4 Å². The Morgan fingerprint density at radius 1 is 1.07 bits per heavy atom. The van der Waals surface area contributed by atoms with E-state index in [1.165, 1.54) is 7.11 Å². The first kappa shape index (κ1) is 30.8. The van der Waals surface area contributed by atoms with Gasteiger partial charge in [0.2, 0.25) is 0 Å². The van der Waals surface area contributed by atoms with Crippen molar-refractivity contribution in [3.63, 3.8) is 0 Å². The maximum atomic E-state index is 13.6. The summed E-state index contributed by atoms with van der Waals surface area (Å²) in [4.78, 5) is 41.9. The Labute approximate surface area is 254 Å². The second-order valence-corrected chi connectivity index (χ2v) is 13.0. The summed E-state index contributed by atoms with van der Waals surface area (Å²) in [7, 11) is 3.54. The van der Waals surface area contributed by atoms with Gasteiger partial charge in [0.05, 0.1) is 23.9 Å². The number of likely N-dealkylation sites (tertiary alicyclic amines) is 1. The Morgan fingerprint density at radius 2 is 1.81 bits per heavy atom. The molecule has 2 fully saturated rings. The van der Waals surface area contributed by atoms with Gasteiger partial charge in [-0.2, -0.15) is 9.97 Å². The Morgan fingerprint density at radius 3 is 2.49 bits per heavy atom. The molecule has 3 heterocycles. The van der Waals surface area contributed by atoms with Gasteiger partial charge in [-0.3, -0.25) is 4.79 Å². The number of ether oxygens (including phenoxy) is 3. The van der Waals surface area contributed by atoms with Gasteiger partial charge < -0.3 is 34.6 Å². The number of nitrogen functional groups attached to an aromatic ring is 1. The van der Waals surface area contributed by atoms with E-state index in [1.807, 2.05) is 39.0 Å². The normalized spacial score (nSPS) is 22.7. The van der Waals surface area contributed by atoms with Crippen LogP contribution >= 0.6 is 0 Å². The molecule has 1 aromatic carbocycles. The molecule has 1 unspecified atom stereocenters. The summed E-state index contributed by atoms with van der Waals surface area (Å²) in [6, 6.07) is 8.61. The number of amides is 1. The molecule has 0 spiro atoms. The second-order valence-electron chi connectivity index (χ2n) is 13.0. The zero-order valence-electron chi connectivity index (χ0n) is 26.2. The van der Waals surface area contributed by atoms with Crippen molar-refractivity contribution in [2.45, 2.75) is 76.4 Å². The maximum absolute atomic E-state index is 13.6. The van der Waals surface area contributed by atoms with Crippen molar-refractivity contribution in [3.8, 4) is 6.01 Å². The van der Waals surface area contributed by atoms with Gasteiger partial charge in [0.25, 0.3) is 0 Å². The fraction of sp³-hybridized carbons (Fsp3) is 0.625. The van der Waals surface area contributed by atoms with E-state index in [1.54, 1.807) is 4.90 Å². The molecule has 2 aliphatic heterocycles. The smallest absolute Gasteiger partial charge is 0.410 e. The zero-order chi connectivity index (χ0) is 30.8. The molecule has 1 aromatic heterocycles. The minimum absolute atomic E-state index is 0.248. The number of esters is 1. The number of hydrogen-bond donors (Lipinski definition) is 1. The lowest BCUT2D eigenvalue weighted by molar-refractivity contribution is -0.148. The van der Waals surface area contributed by atoms with Crippen molar-refractivity contribution in [3.05, 3.63) is 41.1 Å². The van der Waals surface area contributed by atoms with Gasteiger partial charge in [-0.05, 0) is 77.6 Å². The van der Waals surface area contributed by atoms with Crippen molar-refractivity contribution < 1.29 is 23.8 Å². The predicted octanol–water partition coefficient (Wildman–Crippen LogP) is 3.58. The molecular formula is C32H46N6O5. The average molecular weight is 595 g/mol. The van der Waals surface area contributed by atoms with E-state index in [2.05, 4.69) is 22.9 Å². The second kappa shape index (κ2) is 12.6. The molecule has 1 aliphatic carbocycles. The summed E-state index contributed by atoms with van der Waals surface area (Å²) < 4.78 is 17.2. The highest BCUT2D eigenvalue weighted by Crippen LogP contribution is 2.43. The lowest BCUT2D eigenvalue weighted by Gasteiger charge is -2.38. The number of aromatic nitrogens is 2. The van der Waals surface area contributed by atoms with Crippen molar-refractivity contribution in [2.24, 2.45) is 0 Å². The highest BCUT2D eigenvalue weighted by atomic mass is 16.6. The molecule has 43 heavy (non-hydrogen) atoms. The molecular weight excluding hydrogens is 548 g/mol. The fourth-order valence-electron chi connectivity index (χ4n) is 6.58. The SMILES string of the molecule is COC(=O)C1(Cc2nc(OC[C@@H]3CCCN3C)nc(N3CCN(C(=O)OC(C)(C)C)CC3)c2N)CCCc2ccccc21. The van der Waals surface area contributed by atoms with E-state index in [4.69, 9.17) is 29.9 Å². The number of hydrogen-bond acceptors (Lipinski definition) is 10. The van der Waals surface area contributed by atoms with E-state index in [9.17, 15) is 9.59 Å². The number of rotatable bonds is 7. The molecule has 2 saturated heterocycles. The Kier molecular flexibility index (Phi) is 9.01. The Bertz CT molecular complexity index is 1320. The van der Waals surface area contributed by atoms with Gasteiger partial charge in [0.15, 0.2) is 5.82 Å². The molecule has 2 N–H and O–H groups in total. The molecule has 11 heteroatoms. The van der Waals surface area contributed by atoms with Crippen LogP contribution in [0.5, 0.6) is 6.01 Å². The highest BCUT2D eigenvalue weighted by molar-refractivity contribution is 5.85. The van der Waals surface area contributed by atoms with Crippen molar-refractivity contribution in [1.29, 1.82) is 0 Å². The van der Waals surface area contributed by atoms with Crippen LogP contribution in [0, 0.1) is 0 Å². The Hall–Kier alpha value is -3.60. The van der Waals surface area contributed by atoms with Crippen LogP contribution in [0.25, 0.3) is 0 Å². The highest BCUT2D eigenvalue weighted by Gasteiger charge is 2.45. The van der Waals surface area contributed by atoms with E-state index >= 15 is 0 Å². The van der Waals surface area contributed by atoms with Gasteiger partial charge in [-0.15, -0.1) is 0 Å². The molecule has 0 radical (unpaired) electrons. The van der Waals surface area contributed by atoms with Gasteiger partial charge in [-0.25, -0.2) is 4.79 Å². The number of piperazine rings is 1. The summed E-state index contributed by atoms with van der Waals surface area (Å²) in [5.41, 5.74) is 8.47. The number of likely N-dealkylation sites (N-methyl/N-ethyl adjacent to an activating group) is 1. The molecule has 3 aliphatic rings. The Balaban J connectivity index is 1.46. The minimum atomic E-state index is -0.915. The molecule has 0 bridgehead atoms. The van der Waals surface area contributed by atoms with E-state index < -0.39 is 11.0 Å². The van der Waals surface area contributed by atoms with Gasteiger partial charge in [0, 0.05) is 38.6 Å². The number of aryl methyl sites for hydroxylation is 1. The predicted molar refractivity (Wildman–Crippen MR) is 164 cm³/mol. The minimum Gasteiger partial charge on any atom is -0.468 e. The van der Waals surface area contributed by atoms with Crippen LogP contribution in [0.2, 0.25) is 0 Å². The van der Waals surface area contributed by atoms with Gasteiger partial charge in [-0.1, -0.05) is 24.3 Å². The quantitative estimate of drug-likeness (QED) is 0.476. The summed E-state index contributed by atoms with van der Waals surface area (Å²) in [5, 5.41) is 0. The van der Waals surface area contributed by atoms with Crippen LogP contribution in [0.4, 0.5) is 16.3 Å². The molecule has 0 saturated carbocycles. The number of benzene rings is 1. The monoisotopic (exact) mass is 594 g/mol. The average Bonchev–Trinajstić information content (AvgIpc) is 3.40. The molecule has 2 atom stereocenters. The number of carbonyl (C=O) groups is 2. The summed E-state index contributed by atoms with van der Waals surface area (Å²) in [6.45, 7) is 9.08. The van der Waals surface area contributed by atoms with Crippen LogP contribution in [-0.4, -0.2) is 97.0 Å². The maximum Gasteiger partial charge on any atom is 0.410 e. The lowest BCUT2D eigenvalue weighted by atomic mass is 9.67. The van der Waals surface area contributed by atoms with Crippen LogP contribution < -0.4 is 15.4 Å². The number of methoxy groups -OCH3 is 1. The van der Waals surface area contributed by atoms with E-state index in [0.717, 1.165) is 43.4 Å². The third-order valence-electron chi connectivity index (χ3n) is 8.92. The van der Waals surface area contributed by atoms with Crippen LogP contribution in [0.1, 0.15) is 63.3 Å². The lowest BCUT2D eigenvalue weighted by Crippen LogP contribution is -2.50. The van der Waals surface area contributed by atoms with Crippen molar-refractivity contribution in [2.75, 3.05) is 64.1 Å². The molecule has 1 amide bonds. The van der Waals surface area contributed by atoms with Crippen molar-refractivity contribution >= 4 is 23.6 Å². The summed E-state index contributed by atoms with van der Waals surface area (Å²) in [5.74, 6) is 0.271.